The predicted octanol–water partition coefficient (Wildman–Crippen LogP) is 3.85. The normalized spacial score (nSPS) is 10.6. The molecular weight excluding hydrogens is 575 g/mol. The number of hydrazone groups is 1. The second-order valence-electron chi connectivity index (χ2n) is 8.25. The molecule has 0 aliphatic carbocycles. The molecule has 3 aromatic rings. The van der Waals surface area contributed by atoms with Gasteiger partial charge in [-0.05, 0) is 53.9 Å². The fourth-order valence-electron chi connectivity index (χ4n) is 3.49. The molecule has 0 aliphatic rings. The second kappa shape index (κ2) is 15.3. The molecule has 11 nitrogen and oxygen atoms in total. The summed E-state index contributed by atoms with van der Waals surface area (Å²) in [7, 11) is 4.48. The number of hydrogen-bond acceptors (Lipinski definition) is 8. The first-order valence-electron chi connectivity index (χ1n) is 12.1. The summed E-state index contributed by atoms with van der Waals surface area (Å²) in [6, 6.07) is 15.2. The number of carbonyl (C=O) groups excluding carboxylic acids is 3. The lowest BCUT2D eigenvalue weighted by Gasteiger charge is -2.13. The van der Waals surface area contributed by atoms with Gasteiger partial charge < -0.3 is 29.6 Å². The van der Waals surface area contributed by atoms with Crippen molar-refractivity contribution >= 4 is 52.8 Å². The Kier molecular flexibility index (Phi) is 11.6. The molecule has 0 saturated carbocycles. The van der Waals surface area contributed by atoms with Crippen LogP contribution in [-0.4, -0.2) is 58.4 Å². The quantitative estimate of drug-likeness (QED) is 0.163. The number of ether oxygens (including phenoxy) is 4. The Hall–Kier alpha value is -4.48. The van der Waals surface area contributed by atoms with Gasteiger partial charge in [0.25, 0.3) is 5.91 Å². The smallest absolute Gasteiger partial charge is 0.329 e. The maximum absolute atomic E-state index is 12.3. The number of rotatable bonds is 12. The van der Waals surface area contributed by atoms with E-state index in [1.54, 1.807) is 43.5 Å². The van der Waals surface area contributed by atoms with E-state index in [9.17, 15) is 14.4 Å². The van der Waals surface area contributed by atoms with Gasteiger partial charge in [0.2, 0.25) is 0 Å². The van der Waals surface area contributed by atoms with Crippen molar-refractivity contribution in [1.29, 1.82) is 0 Å². The summed E-state index contributed by atoms with van der Waals surface area (Å²) in [5.74, 6) is -0.726. The molecule has 0 heterocycles. The van der Waals surface area contributed by atoms with E-state index in [1.807, 2.05) is 6.07 Å². The number of anilines is 1. The zero-order valence-corrected chi connectivity index (χ0v) is 24.0. The van der Waals surface area contributed by atoms with Crippen LogP contribution in [0.25, 0.3) is 0 Å². The number of nitrogens with one attached hydrogen (secondary N) is 3. The Morgan fingerprint density at radius 2 is 1.59 bits per heavy atom. The third-order valence-electron chi connectivity index (χ3n) is 5.48. The van der Waals surface area contributed by atoms with Gasteiger partial charge in [-0.25, -0.2) is 5.43 Å². The summed E-state index contributed by atoms with van der Waals surface area (Å²) in [5.41, 5.74) is 3.93. The topological polar surface area (TPSA) is 137 Å². The van der Waals surface area contributed by atoms with Crippen LogP contribution in [0.3, 0.4) is 0 Å². The number of halogens is 2. The minimum Gasteiger partial charge on any atom is -0.493 e. The maximum atomic E-state index is 12.3. The monoisotopic (exact) mass is 602 g/mol. The van der Waals surface area contributed by atoms with Crippen LogP contribution in [0.1, 0.15) is 11.1 Å². The van der Waals surface area contributed by atoms with Crippen molar-refractivity contribution in [2.24, 2.45) is 5.10 Å². The van der Waals surface area contributed by atoms with Crippen LogP contribution in [0.15, 0.2) is 59.7 Å². The molecule has 0 spiro atoms. The first kappa shape index (κ1) is 31.1. The highest BCUT2D eigenvalue weighted by atomic mass is 35.5. The number of para-hydroxylation sites is 1. The summed E-state index contributed by atoms with van der Waals surface area (Å²) >= 11 is 12.4. The zero-order chi connectivity index (χ0) is 29.8. The van der Waals surface area contributed by atoms with Crippen molar-refractivity contribution in [3.63, 3.8) is 0 Å². The van der Waals surface area contributed by atoms with E-state index in [2.05, 4.69) is 21.2 Å². The number of methoxy groups -OCH3 is 3. The number of carbonyl (C=O) groups is 3. The highest BCUT2D eigenvalue weighted by Crippen LogP contribution is 2.36. The molecule has 0 aliphatic heterocycles. The molecule has 0 saturated heterocycles. The van der Waals surface area contributed by atoms with Crippen LogP contribution in [0, 0.1) is 0 Å². The molecule has 216 valence electrons. The van der Waals surface area contributed by atoms with Gasteiger partial charge in [-0.1, -0.05) is 41.4 Å². The van der Waals surface area contributed by atoms with Gasteiger partial charge in [-0.15, -0.1) is 0 Å². The van der Waals surface area contributed by atoms with E-state index < -0.39 is 17.7 Å². The average molecular weight is 603 g/mol. The van der Waals surface area contributed by atoms with Crippen LogP contribution in [0.2, 0.25) is 10.0 Å². The van der Waals surface area contributed by atoms with Gasteiger partial charge in [0, 0.05) is 6.54 Å². The number of nitrogens with zero attached hydrogens (tertiary/aromatic N) is 1. The standard InChI is InChI=1S/C28H28Cl2N4O7/c1-38-22-9-8-17(13-23(22)39-2)10-11-31-27(36)28(37)34-32-15-18-12-20(30)26(24(14-18)40-3)41-16-25(35)33-21-7-5-4-6-19(21)29/h4-9,12-15H,10-11,16H2,1-3H3,(H,31,36)(H,33,35)(H,34,37)/b32-15-. The Morgan fingerprint density at radius 3 is 2.29 bits per heavy atom. The summed E-state index contributed by atoms with van der Waals surface area (Å²) in [5, 5.41) is 9.49. The number of hydrogen-bond donors (Lipinski definition) is 3. The van der Waals surface area contributed by atoms with Crippen LogP contribution in [0.4, 0.5) is 5.69 Å². The SMILES string of the molecule is COc1ccc(CCNC(=O)C(=O)N/N=C\c2cc(Cl)c(OCC(=O)Nc3ccccc3Cl)c(OC)c2)cc1OC. The van der Waals surface area contributed by atoms with E-state index in [0.29, 0.717) is 34.2 Å². The fraction of sp³-hybridized carbons (Fsp3) is 0.214. The average Bonchev–Trinajstić information content (AvgIpc) is 2.97. The Morgan fingerprint density at radius 1 is 0.854 bits per heavy atom. The Labute approximate surface area is 246 Å². The zero-order valence-electron chi connectivity index (χ0n) is 22.5. The van der Waals surface area contributed by atoms with Gasteiger partial charge in [0.1, 0.15) is 0 Å². The Balaban J connectivity index is 1.50. The van der Waals surface area contributed by atoms with E-state index in [4.69, 9.17) is 42.1 Å². The van der Waals surface area contributed by atoms with Crippen molar-refractivity contribution in [2.75, 3.05) is 39.8 Å². The van der Waals surface area contributed by atoms with Crippen molar-refractivity contribution in [3.8, 4) is 23.0 Å². The number of amides is 3. The maximum Gasteiger partial charge on any atom is 0.329 e. The van der Waals surface area contributed by atoms with Gasteiger partial charge >= 0.3 is 11.8 Å². The van der Waals surface area contributed by atoms with Gasteiger partial charge in [0.05, 0.1) is 43.3 Å². The van der Waals surface area contributed by atoms with Crippen LogP contribution >= 0.6 is 23.2 Å². The summed E-state index contributed by atoms with van der Waals surface area (Å²) in [6.45, 7) is -0.137. The molecule has 3 N–H and O–H groups in total. The lowest BCUT2D eigenvalue weighted by molar-refractivity contribution is -0.139. The first-order chi connectivity index (χ1) is 19.7. The molecule has 41 heavy (non-hydrogen) atoms. The molecule has 0 atom stereocenters. The van der Waals surface area contributed by atoms with E-state index in [0.717, 1.165) is 5.56 Å². The van der Waals surface area contributed by atoms with Gasteiger partial charge in [-0.2, -0.15) is 5.10 Å². The molecule has 0 fully saturated rings. The number of benzene rings is 3. The molecule has 0 aromatic heterocycles. The molecule has 0 bridgehead atoms. The minimum absolute atomic E-state index is 0.135. The summed E-state index contributed by atoms with van der Waals surface area (Å²) in [4.78, 5) is 36.5. The lowest BCUT2D eigenvalue weighted by atomic mass is 10.1. The van der Waals surface area contributed by atoms with Crippen molar-refractivity contribution in [2.45, 2.75) is 6.42 Å². The molecule has 0 unspecified atom stereocenters. The second-order valence-corrected chi connectivity index (χ2v) is 9.06. The van der Waals surface area contributed by atoms with Gasteiger partial charge in [0.15, 0.2) is 29.6 Å². The highest BCUT2D eigenvalue weighted by Gasteiger charge is 2.15. The molecular formula is C28H28Cl2N4O7. The highest BCUT2D eigenvalue weighted by molar-refractivity contribution is 6.35. The van der Waals surface area contributed by atoms with Crippen LogP contribution < -0.4 is 35.0 Å². The first-order valence-corrected chi connectivity index (χ1v) is 12.9. The molecule has 13 heteroatoms. The van der Waals surface area contributed by atoms with Gasteiger partial charge in [-0.3, -0.25) is 14.4 Å². The lowest BCUT2D eigenvalue weighted by Crippen LogP contribution is -2.38. The van der Waals surface area contributed by atoms with Crippen molar-refractivity contribution < 1.29 is 33.3 Å². The third kappa shape index (κ3) is 9.02. The molecule has 0 radical (unpaired) electrons. The minimum atomic E-state index is -0.948. The molecule has 3 rings (SSSR count). The van der Waals surface area contributed by atoms with Crippen LogP contribution in [0.5, 0.6) is 23.0 Å². The summed E-state index contributed by atoms with van der Waals surface area (Å²) in [6.07, 6.45) is 1.74. The van der Waals surface area contributed by atoms with E-state index >= 15 is 0 Å². The Bertz CT molecular complexity index is 1430. The van der Waals surface area contributed by atoms with Crippen molar-refractivity contribution in [3.05, 3.63) is 75.8 Å². The van der Waals surface area contributed by atoms with Crippen LogP contribution in [-0.2, 0) is 20.8 Å². The molecule has 3 aromatic carbocycles. The van der Waals surface area contributed by atoms with E-state index in [-0.39, 0.29) is 29.7 Å². The summed E-state index contributed by atoms with van der Waals surface area (Å²) < 4.78 is 21.3. The molecule has 3 amide bonds. The van der Waals surface area contributed by atoms with Crippen molar-refractivity contribution in [1.82, 2.24) is 10.7 Å². The largest absolute Gasteiger partial charge is 0.493 e. The fourth-order valence-corrected chi connectivity index (χ4v) is 3.95. The van der Waals surface area contributed by atoms with E-state index in [1.165, 1.54) is 32.6 Å². The third-order valence-corrected chi connectivity index (χ3v) is 6.09. The predicted molar refractivity (Wildman–Crippen MR) is 156 cm³/mol.